The Morgan fingerprint density at radius 2 is 1.91 bits per heavy atom. The molecule has 3 rings (SSSR count). The minimum Gasteiger partial charge on any atom is -0.456 e. The fourth-order valence-electron chi connectivity index (χ4n) is 2.70. The van der Waals surface area contributed by atoms with Crippen LogP contribution >= 0.6 is 0 Å². The highest BCUT2D eigenvalue weighted by Crippen LogP contribution is 2.31. The number of furan rings is 1. The maximum atomic E-state index is 11.7. The number of ether oxygens (including phenoxy) is 1. The van der Waals surface area contributed by atoms with Gasteiger partial charge in [0, 0.05) is 10.8 Å². The minimum absolute atomic E-state index is 0.0721. The zero-order chi connectivity index (χ0) is 15.5. The number of fused-ring (bicyclic) bond motifs is 3. The molecule has 0 saturated carbocycles. The summed E-state index contributed by atoms with van der Waals surface area (Å²) in [7, 11) is 0. The van der Waals surface area contributed by atoms with Gasteiger partial charge in [-0.25, -0.2) is 4.79 Å². The van der Waals surface area contributed by atoms with Gasteiger partial charge in [-0.1, -0.05) is 31.2 Å². The summed E-state index contributed by atoms with van der Waals surface area (Å²) in [5.41, 5.74) is 2.78. The van der Waals surface area contributed by atoms with E-state index in [1.807, 2.05) is 43.3 Å². The summed E-state index contributed by atoms with van der Waals surface area (Å²) >= 11 is 0. The van der Waals surface area contributed by atoms with Crippen LogP contribution in [0.4, 0.5) is 4.79 Å². The maximum Gasteiger partial charge on any atom is 0.407 e. The smallest absolute Gasteiger partial charge is 0.407 e. The first-order valence-corrected chi connectivity index (χ1v) is 7.57. The van der Waals surface area contributed by atoms with Gasteiger partial charge in [-0.2, -0.15) is 0 Å². The van der Waals surface area contributed by atoms with Gasteiger partial charge < -0.3 is 14.5 Å². The standard InChI is InChI=1S/C18H19NO3/c1-3-15(19-18(20)21-4-2)12-9-10-17-14(11-12)13-7-5-6-8-16(13)22-17/h5-11,15H,3-4H2,1-2H3,(H,19,20)/t15-/m1/s1. The van der Waals surface area contributed by atoms with Crippen molar-refractivity contribution in [1.82, 2.24) is 5.32 Å². The molecule has 0 unspecified atom stereocenters. The Morgan fingerprint density at radius 3 is 2.68 bits per heavy atom. The molecule has 0 fully saturated rings. The van der Waals surface area contributed by atoms with Crippen molar-refractivity contribution in [2.45, 2.75) is 26.3 Å². The van der Waals surface area contributed by atoms with Gasteiger partial charge in [0.2, 0.25) is 0 Å². The van der Waals surface area contributed by atoms with Crippen LogP contribution < -0.4 is 5.32 Å². The van der Waals surface area contributed by atoms with Crippen LogP contribution in [0.1, 0.15) is 31.9 Å². The molecule has 1 atom stereocenters. The Labute approximate surface area is 129 Å². The summed E-state index contributed by atoms with van der Waals surface area (Å²) in [5.74, 6) is 0. The summed E-state index contributed by atoms with van der Waals surface area (Å²) in [4.78, 5) is 11.7. The monoisotopic (exact) mass is 297 g/mol. The van der Waals surface area contributed by atoms with Gasteiger partial charge in [-0.05, 0) is 37.1 Å². The van der Waals surface area contributed by atoms with Gasteiger partial charge >= 0.3 is 6.09 Å². The van der Waals surface area contributed by atoms with Crippen LogP contribution in [-0.2, 0) is 4.74 Å². The van der Waals surface area contributed by atoms with Gasteiger partial charge in [0.25, 0.3) is 0 Å². The molecule has 1 heterocycles. The normalized spacial score (nSPS) is 12.5. The minimum atomic E-state index is -0.383. The van der Waals surface area contributed by atoms with Gasteiger partial charge in [0.05, 0.1) is 12.6 Å². The Bertz CT molecular complexity index is 806. The number of nitrogens with one attached hydrogen (secondary N) is 1. The van der Waals surface area contributed by atoms with Crippen molar-refractivity contribution in [2.75, 3.05) is 6.61 Å². The summed E-state index contributed by atoms with van der Waals surface area (Å²) in [6.45, 7) is 4.20. The summed E-state index contributed by atoms with van der Waals surface area (Å²) < 4.78 is 10.8. The van der Waals surface area contributed by atoms with Crippen LogP contribution in [0.3, 0.4) is 0 Å². The number of amides is 1. The highest BCUT2D eigenvalue weighted by molar-refractivity contribution is 6.05. The quantitative estimate of drug-likeness (QED) is 0.753. The summed E-state index contributed by atoms with van der Waals surface area (Å²) in [6, 6.07) is 13.9. The summed E-state index contributed by atoms with van der Waals surface area (Å²) in [6.07, 6.45) is 0.409. The van der Waals surface area contributed by atoms with Gasteiger partial charge in [-0.3, -0.25) is 0 Å². The number of hydrogen-bond acceptors (Lipinski definition) is 3. The molecule has 4 heteroatoms. The van der Waals surface area contributed by atoms with Gasteiger partial charge in [0.15, 0.2) is 0 Å². The topological polar surface area (TPSA) is 51.5 Å². The molecule has 1 N–H and O–H groups in total. The number of rotatable bonds is 4. The van der Waals surface area contributed by atoms with Crippen molar-refractivity contribution in [3.05, 3.63) is 48.0 Å². The lowest BCUT2D eigenvalue weighted by molar-refractivity contribution is 0.147. The van der Waals surface area contributed by atoms with Gasteiger partial charge in [0.1, 0.15) is 11.2 Å². The number of carbonyl (C=O) groups is 1. The van der Waals surface area contributed by atoms with E-state index in [0.717, 1.165) is 33.9 Å². The van der Waals surface area contributed by atoms with Crippen LogP contribution in [0.15, 0.2) is 46.9 Å². The zero-order valence-corrected chi connectivity index (χ0v) is 12.8. The van der Waals surface area contributed by atoms with E-state index in [1.165, 1.54) is 0 Å². The average Bonchev–Trinajstić information content (AvgIpc) is 2.90. The second-order valence-corrected chi connectivity index (χ2v) is 5.18. The molecule has 1 amide bonds. The van der Waals surface area contributed by atoms with Crippen LogP contribution in [0.25, 0.3) is 21.9 Å². The SMILES string of the molecule is CCOC(=O)N[C@H](CC)c1ccc2oc3ccccc3c2c1. The van der Waals surface area contributed by atoms with Crippen molar-refractivity contribution in [3.8, 4) is 0 Å². The van der Waals surface area contributed by atoms with E-state index < -0.39 is 0 Å². The third kappa shape index (κ3) is 2.64. The van der Waals surface area contributed by atoms with Crippen LogP contribution in [-0.4, -0.2) is 12.7 Å². The number of para-hydroxylation sites is 1. The first kappa shape index (κ1) is 14.4. The lowest BCUT2D eigenvalue weighted by atomic mass is 10.0. The second kappa shape index (κ2) is 6.10. The first-order chi connectivity index (χ1) is 10.7. The second-order valence-electron chi connectivity index (χ2n) is 5.18. The number of benzene rings is 2. The molecule has 0 radical (unpaired) electrons. The molecule has 0 saturated heterocycles. The first-order valence-electron chi connectivity index (χ1n) is 7.57. The number of carbonyl (C=O) groups excluding carboxylic acids is 1. The Balaban J connectivity index is 1.99. The van der Waals surface area contributed by atoms with E-state index in [0.29, 0.717) is 6.61 Å². The molecule has 0 spiro atoms. The van der Waals surface area contributed by atoms with E-state index in [-0.39, 0.29) is 12.1 Å². The van der Waals surface area contributed by atoms with Gasteiger partial charge in [-0.15, -0.1) is 0 Å². The van der Waals surface area contributed by atoms with Crippen LogP contribution in [0.2, 0.25) is 0 Å². The summed E-state index contributed by atoms with van der Waals surface area (Å²) in [5, 5.41) is 5.05. The van der Waals surface area contributed by atoms with Crippen molar-refractivity contribution in [1.29, 1.82) is 0 Å². The van der Waals surface area contributed by atoms with E-state index >= 15 is 0 Å². The Kier molecular flexibility index (Phi) is 4.00. The Hall–Kier alpha value is -2.49. The molecule has 0 aliphatic heterocycles. The highest BCUT2D eigenvalue weighted by Gasteiger charge is 2.15. The van der Waals surface area contributed by atoms with Crippen LogP contribution in [0.5, 0.6) is 0 Å². The molecular formula is C18H19NO3. The molecule has 22 heavy (non-hydrogen) atoms. The van der Waals surface area contributed by atoms with Crippen molar-refractivity contribution in [2.24, 2.45) is 0 Å². The molecule has 0 aliphatic rings. The third-order valence-corrected chi connectivity index (χ3v) is 3.78. The van der Waals surface area contributed by atoms with E-state index in [4.69, 9.17) is 9.15 Å². The molecular weight excluding hydrogens is 278 g/mol. The largest absolute Gasteiger partial charge is 0.456 e. The predicted molar refractivity (Wildman–Crippen MR) is 86.9 cm³/mol. The number of hydrogen-bond donors (Lipinski definition) is 1. The van der Waals surface area contributed by atoms with Crippen molar-refractivity contribution < 1.29 is 13.9 Å². The highest BCUT2D eigenvalue weighted by atomic mass is 16.5. The molecule has 0 aliphatic carbocycles. The molecule has 1 aromatic heterocycles. The molecule has 3 aromatic rings. The lowest BCUT2D eigenvalue weighted by Crippen LogP contribution is -2.28. The van der Waals surface area contributed by atoms with E-state index in [9.17, 15) is 4.79 Å². The number of alkyl carbamates (subject to hydrolysis) is 1. The molecule has 2 aromatic carbocycles. The van der Waals surface area contributed by atoms with Crippen molar-refractivity contribution in [3.63, 3.8) is 0 Å². The van der Waals surface area contributed by atoms with Crippen molar-refractivity contribution >= 4 is 28.0 Å². The fraction of sp³-hybridized carbons (Fsp3) is 0.278. The van der Waals surface area contributed by atoms with E-state index in [1.54, 1.807) is 6.92 Å². The average molecular weight is 297 g/mol. The molecule has 0 bridgehead atoms. The van der Waals surface area contributed by atoms with E-state index in [2.05, 4.69) is 11.4 Å². The third-order valence-electron chi connectivity index (χ3n) is 3.78. The predicted octanol–water partition coefficient (Wildman–Crippen LogP) is 4.78. The molecule has 4 nitrogen and oxygen atoms in total. The fourth-order valence-corrected chi connectivity index (χ4v) is 2.70. The Morgan fingerprint density at radius 1 is 1.14 bits per heavy atom. The molecule has 114 valence electrons. The lowest BCUT2D eigenvalue weighted by Gasteiger charge is -2.17. The maximum absolute atomic E-state index is 11.7. The zero-order valence-electron chi connectivity index (χ0n) is 12.8. The van der Waals surface area contributed by atoms with Crippen LogP contribution in [0, 0.1) is 0 Å².